The lowest BCUT2D eigenvalue weighted by atomic mass is 10.2. The molecule has 0 bridgehead atoms. The van der Waals surface area contributed by atoms with Crippen molar-refractivity contribution in [2.45, 2.75) is 31.2 Å². The van der Waals surface area contributed by atoms with Gasteiger partial charge in [0.2, 0.25) is 5.91 Å². The minimum Gasteiger partial charge on any atom is -0.326 e. The van der Waals surface area contributed by atoms with Gasteiger partial charge in [0, 0.05) is 17.1 Å². The first kappa shape index (κ1) is 16.5. The number of aromatic nitrogens is 3. The van der Waals surface area contributed by atoms with E-state index in [-0.39, 0.29) is 23.3 Å². The molecule has 134 valence electrons. The number of fused-ring (bicyclic) bond motifs is 2. The molecule has 8 nitrogen and oxygen atoms in total. The van der Waals surface area contributed by atoms with Gasteiger partial charge in [-0.15, -0.1) is 0 Å². The third kappa shape index (κ3) is 2.80. The first-order valence-electron chi connectivity index (χ1n) is 8.12. The van der Waals surface area contributed by atoms with Gasteiger partial charge >= 0.3 is 0 Å². The smallest absolute Gasteiger partial charge is 0.261 e. The Bertz CT molecular complexity index is 1130. The van der Waals surface area contributed by atoms with Gasteiger partial charge in [0.1, 0.15) is 0 Å². The van der Waals surface area contributed by atoms with Crippen LogP contribution in [0.1, 0.15) is 25.5 Å². The van der Waals surface area contributed by atoms with E-state index >= 15 is 0 Å². The molecular weight excluding hydrogens is 354 g/mol. The van der Waals surface area contributed by atoms with E-state index in [9.17, 15) is 13.2 Å². The van der Waals surface area contributed by atoms with Crippen LogP contribution in [0.3, 0.4) is 0 Å². The third-order valence-electron chi connectivity index (χ3n) is 4.19. The largest absolute Gasteiger partial charge is 0.326 e. The van der Waals surface area contributed by atoms with Crippen LogP contribution >= 0.6 is 0 Å². The first-order valence-corrected chi connectivity index (χ1v) is 9.61. The molecule has 3 aromatic rings. The summed E-state index contributed by atoms with van der Waals surface area (Å²) in [6, 6.07) is 6.44. The molecule has 1 aliphatic rings. The topological polar surface area (TPSA) is 106 Å². The highest BCUT2D eigenvalue weighted by atomic mass is 32.2. The maximum Gasteiger partial charge on any atom is 0.261 e. The Morgan fingerprint density at radius 3 is 2.81 bits per heavy atom. The summed E-state index contributed by atoms with van der Waals surface area (Å²) in [6.45, 7) is 4.00. The summed E-state index contributed by atoms with van der Waals surface area (Å²) in [5, 5.41) is 7.71. The lowest BCUT2D eigenvalue weighted by molar-refractivity contribution is -0.115. The number of rotatable bonds is 4. The van der Waals surface area contributed by atoms with Crippen LogP contribution in [0.4, 0.5) is 11.4 Å². The van der Waals surface area contributed by atoms with Crippen LogP contribution in [0.2, 0.25) is 0 Å². The molecule has 0 radical (unpaired) electrons. The van der Waals surface area contributed by atoms with E-state index in [0.717, 1.165) is 5.39 Å². The van der Waals surface area contributed by atoms with Crippen molar-refractivity contribution in [3.8, 4) is 0 Å². The zero-order valence-corrected chi connectivity index (χ0v) is 15.0. The van der Waals surface area contributed by atoms with Gasteiger partial charge in [-0.2, -0.15) is 5.10 Å². The molecule has 4 rings (SSSR count). The van der Waals surface area contributed by atoms with Gasteiger partial charge in [-0.05, 0) is 43.7 Å². The summed E-state index contributed by atoms with van der Waals surface area (Å²) >= 11 is 0. The Labute approximate surface area is 150 Å². The fraction of sp³-hybridized carbons (Fsp3) is 0.235. The number of nitrogens with one attached hydrogen (secondary N) is 2. The molecule has 1 amide bonds. The maximum absolute atomic E-state index is 12.7. The molecule has 0 saturated heterocycles. The summed E-state index contributed by atoms with van der Waals surface area (Å²) < 4.78 is 29.6. The number of carbonyl (C=O) groups excluding carboxylic acids is 1. The number of benzene rings is 1. The van der Waals surface area contributed by atoms with Crippen LogP contribution in [0.5, 0.6) is 0 Å². The fourth-order valence-corrected chi connectivity index (χ4v) is 4.05. The average molecular weight is 371 g/mol. The predicted molar refractivity (Wildman–Crippen MR) is 97.5 cm³/mol. The number of pyridine rings is 1. The quantitative estimate of drug-likeness (QED) is 0.732. The van der Waals surface area contributed by atoms with E-state index in [1.807, 2.05) is 13.8 Å². The number of amides is 1. The number of nitrogens with zero attached hydrogens (tertiary/aromatic N) is 3. The summed E-state index contributed by atoms with van der Waals surface area (Å²) in [5.41, 5.74) is 2.38. The van der Waals surface area contributed by atoms with E-state index in [1.165, 1.54) is 18.3 Å². The Morgan fingerprint density at radius 2 is 2.04 bits per heavy atom. The Morgan fingerprint density at radius 1 is 1.23 bits per heavy atom. The van der Waals surface area contributed by atoms with E-state index in [2.05, 4.69) is 20.1 Å². The SMILES string of the molecule is CC(C)n1ncc2cc(NS(=O)(=O)c3ccc4c(c3)CC(=O)N4)cnc21. The molecule has 26 heavy (non-hydrogen) atoms. The summed E-state index contributed by atoms with van der Waals surface area (Å²) in [4.78, 5) is 15.9. The second kappa shape index (κ2) is 5.80. The standard InChI is InChI=1S/C17H17N5O3S/c1-10(2)22-17-12(8-19-22)5-13(9-18-17)21-26(24,25)14-3-4-15-11(6-14)7-16(23)20-15/h3-6,8-10,21H,7H2,1-2H3,(H,20,23). The van der Waals surface area contributed by atoms with Crippen LogP contribution in [-0.4, -0.2) is 29.1 Å². The van der Waals surface area contributed by atoms with Crippen molar-refractivity contribution >= 4 is 38.3 Å². The van der Waals surface area contributed by atoms with Crippen LogP contribution in [0.25, 0.3) is 11.0 Å². The Balaban J connectivity index is 1.65. The first-order chi connectivity index (χ1) is 12.3. The zero-order chi connectivity index (χ0) is 18.5. The van der Waals surface area contributed by atoms with Crippen molar-refractivity contribution in [2.75, 3.05) is 10.0 Å². The number of anilines is 2. The van der Waals surface area contributed by atoms with Crippen LogP contribution in [-0.2, 0) is 21.2 Å². The van der Waals surface area contributed by atoms with Crippen LogP contribution in [0.15, 0.2) is 41.6 Å². The van der Waals surface area contributed by atoms with Gasteiger partial charge in [-0.1, -0.05) is 0 Å². The maximum atomic E-state index is 12.7. The molecule has 0 spiro atoms. The van der Waals surface area contributed by atoms with E-state index in [1.54, 1.807) is 23.0 Å². The van der Waals surface area contributed by atoms with Gasteiger partial charge in [0.15, 0.2) is 5.65 Å². The fourth-order valence-electron chi connectivity index (χ4n) is 2.96. The summed E-state index contributed by atoms with van der Waals surface area (Å²) in [7, 11) is -3.79. The molecule has 1 aliphatic heterocycles. The Kier molecular flexibility index (Phi) is 3.69. The number of carbonyl (C=O) groups is 1. The lowest BCUT2D eigenvalue weighted by Crippen LogP contribution is -2.13. The second-order valence-corrected chi connectivity index (χ2v) is 8.15. The van der Waals surface area contributed by atoms with Crippen LogP contribution in [0, 0.1) is 0 Å². The molecule has 0 atom stereocenters. The molecule has 9 heteroatoms. The van der Waals surface area contributed by atoms with Gasteiger partial charge in [-0.25, -0.2) is 18.1 Å². The number of sulfonamides is 1. The van der Waals surface area contributed by atoms with Crippen molar-refractivity contribution in [1.29, 1.82) is 0 Å². The molecule has 3 heterocycles. The molecule has 1 aromatic carbocycles. The Hall–Kier alpha value is -2.94. The number of hydrogen-bond donors (Lipinski definition) is 2. The van der Waals surface area contributed by atoms with Gasteiger partial charge in [0.05, 0.1) is 29.4 Å². The highest BCUT2D eigenvalue weighted by molar-refractivity contribution is 7.92. The highest BCUT2D eigenvalue weighted by Crippen LogP contribution is 2.27. The second-order valence-electron chi connectivity index (χ2n) is 6.47. The summed E-state index contributed by atoms with van der Waals surface area (Å²) in [5.74, 6) is -0.140. The molecule has 2 N–H and O–H groups in total. The molecule has 2 aromatic heterocycles. The minimum atomic E-state index is -3.79. The van der Waals surface area contributed by atoms with Crippen molar-refractivity contribution < 1.29 is 13.2 Å². The average Bonchev–Trinajstić information content (AvgIpc) is 3.15. The highest BCUT2D eigenvalue weighted by Gasteiger charge is 2.22. The normalized spacial score (nSPS) is 13.9. The van der Waals surface area contributed by atoms with Crippen molar-refractivity contribution in [3.05, 3.63) is 42.2 Å². The monoisotopic (exact) mass is 371 g/mol. The van der Waals surface area contributed by atoms with E-state index in [4.69, 9.17) is 0 Å². The molecule has 0 aliphatic carbocycles. The van der Waals surface area contributed by atoms with Crippen molar-refractivity contribution in [3.63, 3.8) is 0 Å². The van der Waals surface area contributed by atoms with Crippen LogP contribution < -0.4 is 10.0 Å². The molecule has 0 saturated carbocycles. The zero-order valence-electron chi connectivity index (χ0n) is 14.2. The van der Waals surface area contributed by atoms with E-state index in [0.29, 0.717) is 22.6 Å². The van der Waals surface area contributed by atoms with Gasteiger partial charge in [0.25, 0.3) is 10.0 Å². The lowest BCUT2D eigenvalue weighted by Gasteiger charge is -2.10. The molecular formula is C17H17N5O3S. The number of hydrogen-bond acceptors (Lipinski definition) is 5. The van der Waals surface area contributed by atoms with E-state index < -0.39 is 10.0 Å². The van der Waals surface area contributed by atoms with Crippen molar-refractivity contribution in [2.24, 2.45) is 0 Å². The van der Waals surface area contributed by atoms with Gasteiger partial charge in [-0.3, -0.25) is 9.52 Å². The molecule has 0 unspecified atom stereocenters. The third-order valence-corrected chi connectivity index (χ3v) is 5.57. The molecule has 0 fully saturated rings. The van der Waals surface area contributed by atoms with Gasteiger partial charge < -0.3 is 5.32 Å². The van der Waals surface area contributed by atoms with Crippen molar-refractivity contribution in [1.82, 2.24) is 14.8 Å². The minimum absolute atomic E-state index is 0.103. The predicted octanol–water partition coefficient (Wildman–Crippen LogP) is 2.31. The summed E-state index contributed by atoms with van der Waals surface area (Å²) in [6.07, 6.45) is 3.31.